The quantitative estimate of drug-likeness (QED) is 0.754. The van der Waals surface area contributed by atoms with Crippen LogP contribution < -0.4 is 10.2 Å². The van der Waals surface area contributed by atoms with Crippen LogP contribution in [0.3, 0.4) is 0 Å². The Morgan fingerprint density at radius 2 is 1.80 bits per heavy atom. The fourth-order valence-electron chi connectivity index (χ4n) is 2.45. The van der Waals surface area contributed by atoms with Crippen LogP contribution in [0, 0.1) is 0 Å². The molecule has 1 N–H and O–H groups in total. The van der Waals surface area contributed by atoms with Gasteiger partial charge in [0.15, 0.2) is 8.24 Å². The first-order chi connectivity index (χ1) is 7.17. The summed E-state index contributed by atoms with van der Waals surface area (Å²) in [5, 5.41) is 1.55. The summed E-state index contributed by atoms with van der Waals surface area (Å²) >= 11 is 0. The van der Waals surface area contributed by atoms with E-state index in [9.17, 15) is 0 Å². The second-order valence-corrected chi connectivity index (χ2v) is 9.17. The minimum Gasteiger partial charge on any atom is -0.336 e. The van der Waals surface area contributed by atoms with Crippen LogP contribution in [0.4, 0.5) is 0 Å². The van der Waals surface area contributed by atoms with Crippen molar-refractivity contribution in [2.45, 2.75) is 38.8 Å². The zero-order valence-corrected chi connectivity index (χ0v) is 11.4. The molecule has 0 amide bonds. The zero-order valence-electron chi connectivity index (χ0n) is 10.4. The molecule has 0 saturated heterocycles. The molecular weight excluding hydrogens is 198 g/mol. The van der Waals surface area contributed by atoms with Crippen LogP contribution >= 0.6 is 0 Å². The van der Waals surface area contributed by atoms with Gasteiger partial charge in [0, 0.05) is 0 Å². The van der Waals surface area contributed by atoms with Gasteiger partial charge in [0.2, 0.25) is 0 Å². The Balaban J connectivity index is 3.09. The van der Waals surface area contributed by atoms with Crippen molar-refractivity contribution >= 4 is 13.4 Å². The molecule has 2 heteroatoms. The van der Waals surface area contributed by atoms with Crippen molar-refractivity contribution in [2.75, 3.05) is 7.05 Å². The molecule has 1 rings (SSSR count). The fourth-order valence-corrected chi connectivity index (χ4v) is 6.68. The molecule has 1 aromatic carbocycles. The van der Waals surface area contributed by atoms with Crippen LogP contribution in [0.15, 0.2) is 30.3 Å². The maximum absolute atomic E-state index is 3.67. The van der Waals surface area contributed by atoms with Crippen LogP contribution in [-0.2, 0) is 0 Å². The smallest absolute Gasteiger partial charge is 0.160 e. The Kier molecular flexibility index (Phi) is 4.55. The van der Waals surface area contributed by atoms with Crippen molar-refractivity contribution < 1.29 is 0 Å². The predicted octanol–water partition coefficient (Wildman–Crippen LogP) is 2.88. The van der Waals surface area contributed by atoms with Crippen LogP contribution in [0.5, 0.6) is 0 Å². The topological polar surface area (TPSA) is 12.0 Å². The Labute approximate surface area is 95.0 Å². The van der Waals surface area contributed by atoms with Crippen LogP contribution in [0.1, 0.15) is 27.2 Å². The van der Waals surface area contributed by atoms with Crippen molar-refractivity contribution in [3.05, 3.63) is 30.3 Å². The Bertz CT molecular complexity index is 284. The van der Waals surface area contributed by atoms with Gasteiger partial charge in [-0.05, 0) is 23.8 Å². The highest BCUT2D eigenvalue weighted by atomic mass is 28.3. The Hall–Kier alpha value is -0.603. The molecule has 1 aromatic rings. The molecule has 1 unspecified atom stereocenters. The summed E-state index contributed by atoms with van der Waals surface area (Å²) in [7, 11) is 0.661. The molecule has 84 valence electrons. The third-order valence-corrected chi connectivity index (χ3v) is 8.88. The zero-order chi connectivity index (χ0) is 11.3. The van der Waals surface area contributed by atoms with Crippen molar-refractivity contribution in [1.82, 2.24) is 4.98 Å². The molecule has 0 saturated carbocycles. The highest BCUT2D eigenvalue weighted by Crippen LogP contribution is 2.23. The first kappa shape index (κ1) is 12.5. The molecule has 0 spiro atoms. The number of benzene rings is 1. The van der Waals surface area contributed by atoms with Crippen LogP contribution in [0.2, 0.25) is 11.6 Å². The third kappa shape index (κ3) is 2.50. The maximum atomic E-state index is 3.67. The minimum atomic E-state index is -1.47. The van der Waals surface area contributed by atoms with E-state index in [0.717, 1.165) is 5.54 Å². The molecule has 0 aliphatic rings. The summed E-state index contributed by atoms with van der Waals surface area (Å²) in [4.78, 5) is 3.67. The van der Waals surface area contributed by atoms with E-state index in [1.165, 1.54) is 12.5 Å². The van der Waals surface area contributed by atoms with Crippen molar-refractivity contribution in [1.29, 1.82) is 0 Å². The fraction of sp³-hybridized carbons (Fsp3) is 0.538. The highest BCUT2D eigenvalue weighted by molar-refractivity contribution is 6.90. The van der Waals surface area contributed by atoms with E-state index in [1.807, 2.05) is 0 Å². The average molecular weight is 221 g/mol. The first-order valence-corrected chi connectivity index (χ1v) is 8.20. The van der Waals surface area contributed by atoms with Crippen LogP contribution in [0.25, 0.3) is 0 Å². The molecule has 1 atom stereocenters. The minimum absolute atomic E-state index is 0.741. The lowest BCUT2D eigenvalue weighted by atomic mass is 10.4. The number of rotatable bonds is 5. The van der Waals surface area contributed by atoms with Gasteiger partial charge in [0.05, 0.1) is 0 Å². The molecule has 15 heavy (non-hydrogen) atoms. The van der Waals surface area contributed by atoms with Gasteiger partial charge >= 0.3 is 0 Å². The van der Waals surface area contributed by atoms with E-state index in [2.05, 4.69) is 63.1 Å². The SMILES string of the molecule is CCC[Si](NC)(c1ccccc1)C(C)C. The Morgan fingerprint density at radius 1 is 1.20 bits per heavy atom. The van der Waals surface area contributed by atoms with E-state index >= 15 is 0 Å². The van der Waals surface area contributed by atoms with E-state index < -0.39 is 8.24 Å². The second-order valence-electron chi connectivity index (χ2n) is 4.49. The van der Waals surface area contributed by atoms with Gasteiger partial charge in [0.1, 0.15) is 0 Å². The molecule has 0 heterocycles. The lowest BCUT2D eigenvalue weighted by Crippen LogP contribution is -2.61. The van der Waals surface area contributed by atoms with Gasteiger partial charge in [0.25, 0.3) is 0 Å². The molecule has 0 bridgehead atoms. The van der Waals surface area contributed by atoms with Gasteiger partial charge < -0.3 is 4.98 Å². The lowest BCUT2D eigenvalue weighted by molar-refractivity contribution is 0.898. The summed E-state index contributed by atoms with van der Waals surface area (Å²) in [6.45, 7) is 6.99. The molecule has 1 nitrogen and oxygen atoms in total. The third-order valence-electron chi connectivity index (χ3n) is 3.36. The summed E-state index contributed by atoms with van der Waals surface area (Å²) < 4.78 is 0. The highest BCUT2D eigenvalue weighted by Gasteiger charge is 2.36. The van der Waals surface area contributed by atoms with E-state index in [-0.39, 0.29) is 0 Å². The Morgan fingerprint density at radius 3 is 2.20 bits per heavy atom. The van der Waals surface area contributed by atoms with Crippen LogP contribution in [-0.4, -0.2) is 15.3 Å². The molecule has 0 aromatic heterocycles. The van der Waals surface area contributed by atoms with Gasteiger partial charge in [-0.15, -0.1) is 0 Å². The first-order valence-electron chi connectivity index (χ1n) is 5.91. The van der Waals surface area contributed by atoms with Gasteiger partial charge in [-0.2, -0.15) is 0 Å². The number of hydrogen-bond donors (Lipinski definition) is 1. The predicted molar refractivity (Wildman–Crippen MR) is 71.1 cm³/mol. The molecule has 0 radical (unpaired) electrons. The van der Waals surface area contributed by atoms with E-state index in [1.54, 1.807) is 5.19 Å². The monoisotopic (exact) mass is 221 g/mol. The molecular formula is C13H23NSi. The molecule has 0 aliphatic carbocycles. The second kappa shape index (κ2) is 5.47. The number of hydrogen-bond acceptors (Lipinski definition) is 1. The molecule has 0 fully saturated rings. The molecule has 0 aliphatic heterocycles. The van der Waals surface area contributed by atoms with E-state index in [4.69, 9.17) is 0 Å². The van der Waals surface area contributed by atoms with Crippen molar-refractivity contribution in [2.24, 2.45) is 0 Å². The summed E-state index contributed by atoms with van der Waals surface area (Å²) in [5.41, 5.74) is 0.741. The van der Waals surface area contributed by atoms with Crippen molar-refractivity contribution in [3.63, 3.8) is 0 Å². The summed E-state index contributed by atoms with van der Waals surface area (Å²) in [6.07, 6.45) is 1.26. The van der Waals surface area contributed by atoms with Gasteiger partial charge in [-0.25, -0.2) is 0 Å². The van der Waals surface area contributed by atoms with Gasteiger partial charge in [-0.3, -0.25) is 0 Å². The largest absolute Gasteiger partial charge is 0.336 e. The summed E-state index contributed by atoms with van der Waals surface area (Å²) in [6, 6.07) is 12.3. The van der Waals surface area contributed by atoms with Crippen molar-refractivity contribution in [3.8, 4) is 0 Å². The average Bonchev–Trinajstić information content (AvgIpc) is 2.26. The van der Waals surface area contributed by atoms with Gasteiger partial charge in [-0.1, -0.05) is 57.5 Å². The normalized spacial score (nSPS) is 15.3. The lowest BCUT2D eigenvalue weighted by Gasteiger charge is -2.35. The maximum Gasteiger partial charge on any atom is 0.160 e. The summed E-state index contributed by atoms with van der Waals surface area (Å²) in [5.74, 6) is 0. The number of nitrogens with one attached hydrogen (secondary N) is 1. The van der Waals surface area contributed by atoms with E-state index in [0.29, 0.717) is 0 Å². The standard InChI is InChI=1S/C13H23NSi/c1-5-11-15(14-4,12(2)3)13-9-7-6-8-10-13/h6-10,12,14H,5,11H2,1-4H3.